The zero-order valence-corrected chi connectivity index (χ0v) is 13.8. The summed E-state index contributed by atoms with van der Waals surface area (Å²) < 4.78 is 2.11. The van der Waals surface area contributed by atoms with E-state index in [1.54, 1.807) is 0 Å². The zero-order valence-electron chi connectivity index (χ0n) is 13.0. The van der Waals surface area contributed by atoms with Crippen LogP contribution in [0.25, 0.3) is 0 Å². The van der Waals surface area contributed by atoms with E-state index in [0.717, 1.165) is 30.5 Å². The SMILES string of the molecule is CCCn1ncc(Cl)c1C(NCC)C1CCC(CC)C1. The number of hydrogen-bond donors (Lipinski definition) is 1. The van der Waals surface area contributed by atoms with Crippen LogP contribution in [0, 0.1) is 11.8 Å². The van der Waals surface area contributed by atoms with Gasteiger partial charge in [-0.05, 0) is 37.6 Å². The molecule has 1 heterocycles. The van der Waals surface area contributed by atoms with Crippen LogP contribution >= 0.6 is 11.6 Å². The highest BCUT2D eigenvalue weighted by Gasteiger charge is 2.33. The summed E-state index contributed by atoms with van der Waals surface area (Å²) in [6, 6.07) is 0.359. The van der Waals surface area contributed by atoms with Gasteiger partial charge in [-0.1, -0.05) is 45.2 Å². The summed E-state index contributed by atoms with van der Waals surface area (Å²) >= 11 is 6.44. The smallest absolute Gasteiger partial charge is 0.0834 e. The van der Waals surface area contributed by atoms with E-state index in [1.807, 2.05) is 6.20 Å². The molecule has 4 heteroatoms. The topological polar surface area (TPSA) is 29.9 Å². The Labute approximate surface area is 128 Å². The van der Waals surface area contributed by atoms with E-state index in [1.165, 1.54) is 31.4 Å². The molecule has 0 bridgehead atoms. The van der Waals surface area contributed by atoms with Crippen molar-refractivity contribution < 1.29 is 0 Å². The lowest BCUT2D eigenvalue weighted by Crippen LogP contribution is -2.30. The van der Waals surface area contributed by atoms with Gasteiger partial charge in [0.2, 0.25) is 0 Å². The summed E-state index contributed by atoms with van der Waals surface area (Å²) in [7, 11) is 0. The lowest BCUT2D eigenvalue weighted by atomic mass is 9.93. The quantitative estimate of drug-likeness (QED) is 0.807. The molecule has 0 aliphatic heterocycles. The van der Waals surface area contributed by atoms with E-state index in [4.69, 9.17) is 11.6 Å². The minimum Gasteiger partial charge on any atom is -0.309 e. The summed E-state index contributed by atoms with van der Waals surface area (Å²) in [6.07, 6.45) is 8.20. The van der Waals surface area contributed by atoms with Gasteiger partial charge in [-0.15, -0.1) is 0 Å². The molecule has 0 radical (unpaired) electrons. The predicted octanol–water partition coefficient (Wildman–Crippen LogP) is 4.42. The number of rotatable bonds is 7. The molecule has 0 saturated heterocycles. The number of halogens is 1. The maximum absolute atomic E-state index is 6.44. The second-order valence-electron chi connectivity index (χ2n) is 5.98. The Morgan fingerprint density at radius 1 is 1.40 bits per heavy atom. The molecule has 0 amide bonds. The zero-order chi connectivity index (χ0) is 14.5. The fourth-order valence-electron chi connectivity index (χ4n) is 3.56. The predicted molar refractivity (Wildman–Crippen MR) is 85.1 cm³/mol. The Balaban J connectivity index is 2.22. The Kier molecular flexibility index (Phi) is 5.91. The second kappa shape index (κ2) is 7.46. The van der Waals surface area contributed by atoms with Gasteiger partial charge >= 0.3 is 0 Å². The van der Waals surface area contributed by atoms with Crippen LogP contribution in [0.4, 0.5) is 0 Å². The van der Waals surface area contributed by atoms with Crippen molar-refractivity contribution in [3.8, 4) is 0 Å². The minimum atomic E-state index is 0.359. The molecule has 1 aromatic rings. The van der Waals surface area contributed by atoms with Gasteiger partial charge < -0.3 is 5.32 Å². The first-order valence-corrected chi connectivity index (χ1v) is 8.53. The van der Waals surface area contributed by atoms with Crippen LogP contribution in [-0.2, 0) is 6.54 Å². The summed E-state index contributed by atoms with van der Waals surface area (Å²) in [4.78, 5) is 0. The van der Waals surface area contributed by atoms with Gasteiger partial charge in [0.05, 0.1) is 23.0 Å². The van der Waals surface area contributed by atoms with Gasteiger partial charge in [0.15, 0.2) is 0 Å². The highest BCUT2D eigenvalue weighted by atomic mass is 35.5. The molecule has 0 spiro atoms. The van der Waals surface area contributed by atoms with Crippen LogP contribution in [0.2, 0.25) is 5.02 Å². The van der Waals surface area contributed by atoms with E-state index in [-0.39, 0.29) is 0 Å². The second-order valence-corrected chi connectivity index (χ2v) is 6.39. The third-order valence-electron chi connectivity index (χ3n) is 4.62. The van der Waals surface area contributed by atoms with Crippen molar-refractivity contribution in [3.05, 3.63) is 16.9 Å². The Morgan fingerprint density at radius 2 is 2.20 bits per heavy atom. The van der Waals surface area contributed by atoms with E-state index < -0.39 is 0 Å². The average molecular weight is 298 g/mol. The third kappa shape index (κ3) is 3.37. The first-order valence-electron chi connectivity index (χ1n) is 8.15. The van der Waals surface area contributed by atoms with Gasteiger partial charge in [0, 0.05) is 6.54 Å². The van der Waals surface area contributed by atoms with Crippen molar-refractivity contribution in [3.63, 3.8) is 0 Å². The molecule has 1 fully saturated rings. The van der Waals surface area contributed by atoms with Gasteiger partial charge in [-0.3, -0.25) is 4.68 Å². The first kappa shape index (κ1) is 15.8. The molecule has 1 saturated carbocycles. The number of hydrogen-bond acceptors (Lipinski definition) is 2. The molecule has 1 aromatic heterocycles. The molecular weight excluding hydrogens is 270 g/mol. The monoisotopic (exact) mass is 297 g/mol. The molecule has 1 N–H and O–H groups in total. The fraction of sp³-hybridized carbons (Fsp3) is 0.812. The minimum absolute atomic E-state index is 0.359. The molecule has 1 aliphatic carbocycles. The van der Waals surface area contributed by atoms with E-state index in [9.17, 15) is 0 Å². The summed E-state index contributed by atoms with van der Waals surface area (Å²) in [6.45, 7) is 8.60. The maximum Gasteiger partial charge on any atom is 0.0834 e. The van der Waals surface area contributed by atoms with Crippen LogP contribution in [0.3, 0.4) is 0 Å². The first-order chi connectivity index (χ1) is 9.71. The van der Waals surface area contributed by atoms with Crippen LogP contribution in [-0.4, -0.2) is 16.3 Å². The highest BCUT2D eigenvalue weighted by molar-refractivity contribution is 6.31. The molecule has 20 heavy (non-hydrogen) atoms. The molecule has 3 nitrogen and oxygen atoms in total. The number of aromatic nitrogens is 2. The Hall–Kier alpha value is -0.540. The van der Waals surface area contributed by atoms with Crippen molar-refractivity contribution in [2.45, 2.75) is 65.5 Å². The maximum atomic E-state index is 6.44. The number of aryl methyl sites for hydroxylation is 1. The van der Waals surface area contributed by atoms with Gasteiger partial charge in [0.1, 0.15) is 0 Å². The Morgan fingerprint density at radius 3 is 2.80 bits per heavy atom. The van der Waals surface area contributed by atoms with Crippen molar-refractivity contribution >= 4 is 11.6 Å². The lowest BCUT2D eigenvalue weighted by molar-refractivity contribution is 0.338. The van der Waals surface area contributed by atoms with Crippen molar-refractivity contribution in [2.24, 2.45) is 11.8 Å². The summed E-state index contributed by atoms with van der Waals surface area (Å²) in [5.74, 6) is 1.59. The van der Waals surface area contributed by atoms with Crippen LogP contribution in [0.15, 0.2) is 6.20 Å². The highest BCUT2D eigenvalue weighted by Crippen LogP contribution is 2.41. The summed E-state index contributed by atoms with van der Waals surface area (Å²) in [5, 5.41) is 8.95. The molecule has 114 valence electrons. The van der Waals surface area contributed by atoms with Crippen molar-refractivity contribution in [1.82, 2.24) is 15.1 Å². The molecular formula is C16H28ClN3. The van der Waals surface area contributed by atoms with Gasteiger partial charge in [0.25, 0.3) is 0 Å². The van der Waals surface area contributed by atoms with Gasteiger partial charge in [-0.2, -0.15) is 5.10 Å². The molecule has 3 unspecified atom stereocenters. The van der Waals surface area contributed by atoms with E-state index >= 15 is 0 Å². The Bertz CT molecular complexity index is 416. The fourth-order valence-corrected chi connectivity index (χ4v) is 3.82. The lowest BCUT2D eigenvalue weighted by Gasteiger charge is -2.26. The average Bonchev–Trinajstić information content (AvgIpc) is 3.05. The number of nitrogens with zero attached hydrogens (tertiary/aromatic N) is 2. The number of nitrogens with one attached hydrogen (secondary N) is 1. The van der Waals surface area contributed by atoms with Crippen LogP contribution in [0.1, 0.15) is 64.6 Å². The van der Waals surface area contributed by atoms with E-state index in [2.05, 4.69) is 35.9 Å². The van der Waals surface area contributed by atoms with Crippen LogP contribution in [0.5, 0.6) is 0 Å². The molecule has 2 rings (SSSR count). The largest absolute Gasteiger partial charge is 0.309 e. The van der Waals surface area contributed by atoms with E-state index in [0.29, 0.717) is 12.0 Å². The third-order valence-corrected chi connectivity index (χ3v) is 4.91. The van der Waals surface area contributed by atoms with Crippen molar-refractivity contribution in [1.29, 1.82) is 0 Å². The van der Waals surface area contributed by atoms with Crippen molar-refractivity contribution in [2.75, 3.05) is 6.54 Å². The molecule has 0 aromatic carbocycles. The summed E-state index contributed by atoms with van der Waals surface area (Å²) in [5.41, 5.74) is 1.21. The molecule has 3 atom stereocenters. The molecule has 1 aliphatic rings. The van der Waals surface area contributed by atoms with Gasteiger partial charge in [-0.25, -0.2) is 0 Å². The van der Waals surface area contributed by atoms with Crippen LogP contribution < -0.4 is 5.32 Å². The normalized spacial score (nSPS) is 24.2. The standard InChI is InChI=1S/C16H28ClN3/c1-4-9-20-16(14(17)11-19-20)15(18-6-3)13-8-7-12(5-2)10-13/h11-13,15,18H,4-10H2,1-3H3.